The number of hydrogen-bond acceptors (Lipinski definition) is 4. The molecule has 1 rings (SSSR count). The predicted octanol–water partition coefficient (Wildman–Crippen LogP) is 2.06. The third-order valence-electron chi connectivity index (χ3n) is 3.23. The first-order valence-corrected chi connectivity index (χ1v) is 7.50. The summed E-state index contributed by atoms with van der Waals surface area (Å²) in [5, 5.41) is 3.37. The van der Waals surface area contributed by atoms with Crippen molar-refractivity contribution in [3.63, 3.8) is 0 Å². The third kappa shape index (κ3) is 6.26. The second-order valence-electron chi connectivity index (χ2n) is 5.07. The molecule has 4 nitrogen and oxygen atoms in total. The smallest absolute Gasteiger partial charge is 0.121 e. The molecule has 4 heteroatoms. The van der Waals surface area contributed by atoms with Crippen LogP contribution in [0.5, 0.6) is 5.75 Å². The van der Waals surface area contributed by atoms with E-state index in [0.717, 1.165) is 38.5 Å². The first-order valence-electron chi connectivity index (χ1n) is 7.50. The van der Waals surface area contributed by atoms with Gasteiger partial charge in [-0.3, -0.25) is 0 Å². The highest BCUT2D eigenvalue weighted by Crippen LogP contribution is 2.20. The van der Waals surface area contributed by atoms with Crippen LogP contribution >= 0.6 is 0 Å². The summed E-state index contributed by atoms with van der Waals surface area (Å²) in [6.45, 7) is 10.0. The molecule has 1 aromatic rings. The number of likely N-dealkylation sites (N-methyl/N-ethyl adjacent to an activating group) is 1. The molecule has 0 saturated carbocycles. The van der Waals surface area contributed by atoms with E-state index in [4.69, 9.17) is 4.74 Å². The van der Waals surface area contributed by atoms with E-state index in [0.29, 0.717) is 6.61 Å². The van der Waals surface area contributed by atoms with Gasteiger partial charge in [-0.05, 0) is 40.1 Å². The summed E-state index contributed by atoms with van der Waals surface area (Å²) < 4.78 is 5.79. The van der Waals surface area contributed by atoms with Crippen molar-refractivity contribution in [2.75, 3.05) is 58.3 Å². The molecule has 0 heterocycles. The minimum atomic E-state index is 0.704. The van der Waals surface area contributed by atoms with Crippen LogP contribution in [0.15, 0.2) is 24.3 Å². The van der Waals surface area contributed by atoms with Gasteiger partial charge in [0.05, 0.1) is 0 Å². The van der Waals surface area contributed by atoms with Crippen LogP contribution in [0.4, 0.5) is 5.69 Å². The summed E-state index contributed by atoms with van der Waals surface area (Å²) in [5.41, 5.74) is 1.23. The van der Waals surface area contributed by atoms with Gasteiger partial charge in [-0.25, -0.2) is 0 Å². The minimum Gasteiger partial charge on any atom is -0.492 e. The van der Waals surface area contributed by atoms with Crippen LogP contribution < -0.4 is 15.0 Å². The molecule has 0 saturated heterocycles. The van der Waals surface area contributed by atoms with Crippen LogP contribution in [0.3, 0.4) is 0 Å². The van der Waals surface area contributed by atoms with Gasteiger partial charge in [0, 0.05) is 44.5 Å². The lowest BCUT2D eigenvalue weighted by Crippen LogP contribution is -2.29. The van der Waals surface area contributed by atoms with E-state index in [2.05, 4.69) is 61.3 Å². The van der Waals surface area contributed by atoms with Crippen LogP contribution in [0.25, 0.3) is 0 Å². The fraction of sp³-hybridized carbons (Fsp3) is 0.625. The van der Waals surface area contributed by atoms with Gasteiger partial charge in [0.25, 0.3) is 0 Å². The van der Waals surface area contributed by atoms with Gasteiger partial charge >= 0.3 is 0 Å². The summed E-state index contributed by atoms with van der Waals surface area (Å²) >= 11 is 0. The van der Waals surface area contributed by atoms with Crippen molar-refractivity contribution in [1.29, 1.82) is 0 Å². The number of ether oxygens (including phenoxy) is 1. The molecule has 0 aliphatic carbocycles. The minimum absolute atomic E-state index is 0.704. The van der Waals surface area contributed by atoms with Crippen molar-refractivity contribution >= 4 is 5.69 Å². The topological polar surface area (TPSA) is 27.7 Å². The van der Waals surface area contributed by atoms with Crippen LogP contribution in [0.2, 0.25) is 0 Å². The van der Waals surface area contributed by atoms with E-state index in [-0.39, 0.29) is 0 Å². The normalized spacial score (nSPS) is 10.8. The quantitative estimate of drug-likeness (QED) is 0.664. The maximum absolute atomic E-state index is 5.79. The highest BCUT2D eigenvalue weighted by Gasteiger charge is 2.02. The highest BCUT2D eigenvalue weighted by atomic mass is 16.5. The van der Waals surface area contributed by atoms with Crippen LogP contribution in [-0.4, -0.2) is 58.3 Å². The van der Waals surface area contributed by atoms with E-state index < -0.39 is 0 Å². The molecular weight excluding hydrogens is 250 g/mol. The monoisotopic (exact) mass is 279 g/mol. The van der Waals surface area contributed by atoms with Crippen LogP contribution in [0, 0.1) is 0 Å². The molecule has 114 valence electrons. The lowest BCUT2D eigenvalue weighted by molar-refractivity contribution is 0.308. The molecule has 0 aromatic heterocycles. The average molecular weight is 279 g/mol. The van der Waals surface area contributed by atoms with Crippen molar-refractivity contribution in [1.82, 2.24) is 10.2 Å². The van der Waals surface area contributed by atoms with E-state index in [1.165, 1.54) is 5.69 Å². The number of anilines is 1. The Morgan fingerprint density at radius 2 is 1.85 bits per heavy atom. The number of nitrogens with one attached hydrogen (secondary N) is 1. The van der Waals surface area contributed by atoms with Gasteiger partial charge in [-0.15, -0.1) is 0 Å². The van der Waals surface area contributed by atoms with Crippen LogP contribution in [0.1, 0.15) is 13.8 Å². The number of benzene rings is 1. The van der Waals surface area contributed by atoms with Gasteiger partial charge in [0.15, 0.2) is 0 Å². The molecule has 0 atom stereocenters. The molecule has 0 aliphatic rings. The van der Waals surface area contributed by atoms with E-state index >= 15 is 0 Å². The Bertz CT molecular complexity index is 364. The molecule has 1 N–H and O–H groups in total. The second kappa shape index (κ2) is 9.61. The van der Waals surface area contributed by atoms with Gasteiger partial charge < -0.3 is 19.9 Å². The fourth-order valence-corrected chi connectivity index (χ4v) is 2.03. The average Bonchev–Trinajstić information content (AvgIpc) is 2.44. The Morgan fingerprint density at radius 3 is 2.50 bits per heavy atom. The lowest BCUT2D eigenvalue weighted by Gasteiger charge is -2.21. The highest BCUT2D eigenvalue weighted by molar-refractivity contribution is 5.50. The van der Waals surface area contributed by atoms with Crippen molar-refractivity contribution < 1.29 is 4.74 Å². The number of rotatable bonds is 10. The predicted molar refractivity (Wildman–Crippen MR) is 86.9 cm³/mol. The zero-order valence-electron chi connectivity index (χ0n) is 13.4. The van der Waals surface area contributed by atoms with Crippen molar-refractivity contribution in [3.05, 3.63) is 24.3 Å². The van der Waals surface area contributed by atoms with Gasteiger partial charge in [-0.1, -0.05) is 6.07 Å². The molecule has 0 radical (unpaired) electrons. The molecule has 20 heavy (non-hydrogen) atoms. The Morgan fingerprint density at radius 1 is 1.10 bits per heavy atom. The number of hydrogen-bond donors (Lipinski definition) is 1. The SMILES string of the molecule is CCN(CC)c1cccc(OCCNCCN(C)C)c1. The Labute approximate surface area is 123 Å². The molecule has 0 spiro atoms. The van der Waals surface area contributed by atoms with Gasteiger partial charge in [0.1, 0.15) is 12.4 Å². The summed E-state index contributed by atoms with van der Waals surface area (Å²) in [5.74, 6) is 0.948. The Kier molecular flexibility index (Phi) is 8.07. The van der Waals surface area contributed by atoms with Crippen molar-refractivity contribution in [2.45, 2.75) is 13.8 Å². The maximum atomic E-state index is 5.79. The van der Waals surface area contributed by atoms with Gasteiger partial charge in [-0.2, -0.15) is 0 Å². The Balaban J connectivity index is 2.32. The first kappa shape index (κ1) is 16.8. The van der Waals surface area contributed by atoms with Crippen molar-refractivity contribution in [3.8, 4) is 5.75 Å². The number of nitrogens with zero attached hydrogens (tertiary/aromatic N) is 2. The lowest BCUT2D eigenvalue weighted by atomic mass is 10.2. The first-order chi connectivity index (χ1) is 9.67. The summed E-state index contributed by atoms with van der Waals surface area (Å²) in [7, 11) is 4.16. The molecule has 1 aromatic carbocycles. The molecule has 0 amide bonds. The van der Waals surface area contributed by atoms with E-state index in [1.807, 2.05) is 6.07 Å². The molecular formula is C16H29N3O. The largest absolute Gasteiger partial charge is 0.492 e. The summed E-state index contributed by atoms with van der Waals surface area (Å²) in [6.07, 6.45) is 0. The van der Waals surface area contributed by atoms with E-state index in [9.17, 15) is 0 Å². The standard InChI is InChI=1S/C16H29N3O/c1-5-19(6-2)15-8-7-9-16(14-15)20-13-11-17-10-12-18(3)4/h7-9,14,17H,5-6,10-13H2,1-4H3. The summed E-state index contributed by atoms with van der Waals surface area (Å²) in [6, 6.07) is 8.33. The summed E-state index contributed by atoms with van der Waals surface area (Å²) in [4.78, 5) is 4.49. The second-order valence-corrected chi connectivity index (χ2v) is 5.07. The van der Waals surface area contributed by atoms with Crippen LogP contribution in [-0.2, 0) is 0 Å². The Hall–Kier alpha value is -1.26. The van der Waals surface area contributed by atoms with Crippen molar-refractivity contribution in [2.24, 2.45) is 0 Å². The third-order valence-corrected chi connectivity index (χ3v) is 3.23. The maximum Gasteiger partial charge on any atom is 0.121 e. The van der Waals surface area contributed by atoms with Gasteiger partial charge in [0.2, 0.25) is 0 Å². The fourth-order valence-electron chi connectivity index (χ4n) is 2.03. The molecule has 0 unspecified atom stereocenters. The molecule has 0 fully saturated rings. The molecule has 0 bridgehead atoms. The molecule has 0 aliphatic heterocycles. The zero-order chi connectivity index (χ0) is 14.8. The van der Waals surface area contributed by atoms with E-state index in [1.54, 1.807) is 0 Å². The zero-order valence-corrected chi connectivity index (χ0v) is 13.4.